The Morgan fingerprint density at radius 3 is 2.26 bits per heavy atom. The number of nitrogens with zero attached hydrogens (tertiary/aromatic N) is 1. The minimum absolute atomic E-state index is 0.0889. The molecule has 116 valence electrons. The zero-order valence-electron chi connectivity index (χ0n) is 12.4. The van der Waals surface area contributed by atoms with Crippen molar-refractivity contribution in [2.45, 2.75) is 6.04 Å². The van der Waals surface area contributed by atoms with E-state index < -0.39 is 17.7 Å². The van der Waals surface area contributed by atoms with Crippen LogP contribution in [0, 0.1) is 0 Å². The first-order valence-corrected chi connectivity index (χ1v) is 7.44. The number of carbonyl (C=O) groups is 2. The molecule has 1 aliphatic rings. The van der Waals surface area contributed by atoms with Gasteiger partial charge in [0.1, 0.15) is 5.76 Å². The third-order valence-corrected chi connectivity index (χ3v) is 4.16. The summed E-state index contributed by atoms with van der Waals surface area (Å²) in [7, 11) is 1.55. The van der Waals surface area contributed by atoms with Crippen molar-refractivity contribution in [2.24, 2.45) is 0 Å². The summed E-state index contributed by atoms with van der Waals surface area (Å²) in [6, 6.07) is 14.9. The smallest absolute Gasteiger partial charge is 0.295 e. The summed E-state index contributed by atoms with van der Waals surface area (Å²) < 4.78 is 0. The molecule has 23 heavy (non-hydrogen) atoms. The van der Waals surface area contributed by atoms with Crippen LogP contribution < -0.4 is 0 Å². The SMILES string of the molecule is CN1C(=O)C(=O)C(=C(O)c2ccccc2)[C@@H]1c1ccc(Cl)cc1. The number of ketones is 1. The van der Waals surface area contributed by atoms with Crippen molar-refractivity contribution in [3.8, 4) is 0 Å². The number of amides is 1. The summed E-state index contributed by atoms with van der Waals surface area (Å²) in [4.78, 5) is 25.8. The van der Waals surface area contributed by atoms with Crippen molar-refractivity contribution >= 4 is 29.1 Å². The number of likely N-dealkylation sites (N-methyl/N-ethyl adjacent to an activating group) is 1. The first-order chi connectivity index (χ1) is 11.0. The van der Waals surface area contributed by atoms with E-state index in [4.69, 9.17) is 11.6 Å². The first-order valence-electron chi connectivity index (χ1n) is 7.06. The van der Waals surface area contributed by atoms with Crippen LogP contribution in [0.5, 0.6) is 0 Å². The molecule has 0 saturated carbocycles. The molecular formula is C18H14ClNO3. The number of likely N-dealkylation sites (tertiary alicyclic amines) is 1. The average Bonchev–Trinajstić information content (AvgIpc) is 2.80. The number of halogens is 1. The van der Waals surface area contributed by atoms with Gasteiger partial charge in [-0.3, -0.25) is 9.59 Å². The monoisotopic (exact) mass is 327 g/mol. The van der Waals surface area contributed by atoms with Crippen LogP contribution in [0.1, 0.15) is 17.2 Å². The second-order valence-electron chi connectivity index (χ2n) is 5.33. The summed E-state index contributed by atoms with van der Waals surface area (Å²) in [5.74, 6) is -1.50. The predicted molar refractivity (Wildman–Crippen MR) is 88.0 cm³/mol. The van der Waals surface area contributed by atoms with E-state index in [2.05, 4.69) is 0 Å². The highest BCUT2D eigenvalue weighted by molar-refractivity contribution is 6.46. The highest BCUT2D eigenvalue weighted by atomic mass is 35.5. The maximum absolute atomic E-state index is 12.3. The van der Waals surface area contributed by atoms with Crippen LogP contribution in [-0.2, 0) is 9.59 Å². The number of aliphatic hydroxyl groups is 1. The number of hydrogen-bond acceptors (Lipinski definition) is 3. The van der Waals surface area contributed by atoms with Gasteiger partial charge in [0.05, 0.1) is 11.6 Å². The maximum atomic E-state index is 12.3. The van der Waals surface area contributed by atoms with Crippen LogP contribution >= 0.6 is 11.6 Å². The Hall–Kier alpha value is -2.59. The van der Waals surface area contributed by atoms with E-state index in [1.165, 1.54) is 4.90 Å². The molecule has 4 nitrogen and oxygen atoms in total. The van der Waals surface area contributed by atoms with Crippen molar-refractivity contribution in [1.82, 2.24) is 4.90 Å². The van der Waals surface area contributed by atoms with Crippen LogP contribution in [0.2, 0.25) is 5.02 Å². The van der Waals surface area contributed by atoms with E-state index in [9.17, 15) is 14.7 Å². The van der Waals surface area contributed by atoms with Crippen molar-refractivity contribution in [1.29, 1.82) is 0 Å². The number of benzene rings is 2. The van der Waals surface area contributed by atoms with Crippen LogP contribution in [-0.4, -0.2) is 28.7 Å². The lowest BCUT2D eigenvalue weighted by atomic mass is 9.95. The summed E-state index contributed by atoms with van der Waals surface area (Å²) in [5.41, 5.74) is 1.30. The lowest BCUT2D eigenvalue weighted by Crippen LogP contribution is -2.24. The van der Waals surface area contributed by atoms with E-state index in [1.807, 2.05) is 6.07 Å². The molecule has 1 saturated heterocycles. The normalized spacial score (nSPS) is 20.1. The Bertz CT molecular complexity index is 797. The molecule has 0 unspecified atom stereocenters. The molecule has 5 heteroatoms. The standard InChI is InChI=1S/C18H14ClNO3/c1-20-15(11-7-9-13(19)10-8-11)14(17(22)18(20)23)16(21)12-5-3-2-4-6-12/h2-10,15,21H,1H3/t15-/m0/s1. The molecule has 2 aromatic carbocycles. The van der Waals surface area contributed by atoms with Gasteiger partial charge in [-0.1, -0.05) is 54.1 Å². The fourth-order valence-electron chi connectivity index (χ4n) is 2.73. The summed E-state index contributed by atoms with van der Waals surface area (Å²) in [6.45, 7) is 0. The Morgan fingerprint density at radius 2 is 1.65 bits per heavy atom. The molecule has 3 rings (SSSR count). The number of aliphatic hydroxyl groups excluding tert-OH is 1. The van der Waals surface area contributed by atoms with E-state index in [1.54, 1.807) is 55.6 Å². The molecule has 2 aromatic rings. The second kappa shape index (κ2) is 5.89. The van der Waals surface area contributed by atoms with E-state index in [0.29, 0.717) is 16.1 Å². The Balaban J connectivity index is 2.17. The van der Waals surface area contributed by atoms with E-state index in [0.717, 1.165) is 0 Å². The van der Waals surface area contributed by atoms with Crippen molar-refractivity contribution < 1.29 is 14.7 Å². The van der Waals surface area contributed by atoms with Crippen molar-refractivity contribution in [2.75, 3.05) is 7.05 Å². The van der Waals surface area contributed by atoms with Gasteiger partial charge < -0.3 is 10.0 Å². The third-order valence-electron chi connectivity index (χ3n) is 3.91. The molecule has 1 heterocycles. The quantitative estimate of drug-likeness (QED) is 0.522. The van der Waals surface area contributed by atoms with Crippen LogP contribution in [0.4, 0.5) is 0 Å². The van der Waals surface area contributed by atoms with Gasteiger partial charge in [0, 0.05) is 17.6 Å². The molecule has 0 aliphatic carbocycles. The first kappa shape index (κ1) is 15.3. The number of carbonyl (C=O) groups excluding carboxylic acids is 2. The molecule has 1 aliphatic heterocycles. The molecule has 1 atom stereocenters. The summed E-state index contributed by atoms with van der Waals surface area (Å²) >= 11 is 5.90. The predicted octanol–water partition coefficient (Wildman–Crippen LogP) is 3.39. The van der Waals surface area contributed by atoms with Crippen LogP contribution in [0.3, 0.4) is 0 Å². The molecule has 0 aromatic heterocycles. The Kier molecular flexibility index (Phi) is 3.92. The lowest BCUT2D eigenvalue weighted by Gasteiger charge is -2.21. The molecule has 0 bridgehead atoms. The Labute approximate surface area is 138 Å². The van der Waals surface area contributed by atoms with Crippen molar-refractivity contribution in [3.05, 3.63) is 76.3 Å². The number of rotatable bonds is 2. The molecule has 1 N–H and O–H groups in total. The molecular weight excluding hydrogens is 314 g/mol. The van der Waals surface area contributed by atoms with E-state index >= 15 is 0 Å². The fourth-order valence-corrected chi connectivity index (χ4v) is 2.86. The van der Waals surface area contributed by atoms with Gasteiger partial charge in [-0.15, -0.1) is 0 Å². The number of Topliss-reactive ketones (excluding diaryl/α,β-unsaturated/α-hetero) is 1. The molecule has 0 radical (unpaired) electrons. The highest BCUT2D eigenvalue weighted by Gasteiger charge is 2.44. The van der Waals surface area contributed by atoms with Gasteiger partial charge in [-0.25, -0.2) is 0 Å². The largest absolute Gasteiger partial charge is 0.507 e. The topological polar surface area (TPSA) is 57.6 Å². The minimum atomic E-state index is -0.686. The molecule has 1 fully saturated rings. The van der Waals surface area contributed by atoms with Gasteiger partial charge in [0.15, 0.2) is 0 Å². The minimum Gasteiger partial charge on any atom is -0.507 e. The number of hydrogen-bond donors (Lipinski definition) is 1. The lowest BCUT2D eigenvalue weighted by molar-refractivity contribution is -0.139. The van der Waals surface area contributed by atoms with Crippen LogP contribution in [0.25, 0.3) is 5.76 Å². The summed E-state index contributed by atoms with van der Waals surface area (Å²) in [6.07, 6.45) is 0. The Morgan fingerprint density at radius 1 is 1.04 bits per heavy atom. The molecule has 0 spiro atoms. The average molecular weight is 328 g/mol. The fraction of sp³-hybridized carbons (Fsp3) is 0.111. The highest BCUT2D eigenvalue weighted by Crippen LogP contribution is 2.38. The molecule has 1 amide bonds. The third kappa shape index (κ3) is 2.62. The summed E-state index contributed by atoms with van der Waals surface area (Å²) in [5, 5.41) is 11.1. The van der Waals surface area contributed by atoms with Crippen molar-refractivity contribution in [3.63, 3.8) is 0 Å². The second-order valence-corrected chi connectivity index (χ2v) is 5.76. The van der Waals surface area contributed by atoms with Gasteiger partial charge in [0.25, 0.3) is 11.7 Å². The maximum Gasteiger partial charge on any atom is 0.295 e. The van der Waals surface area contributed by atoms with Gasteiger partial charge >= 0.3 is 0 Å². The van der Waals surface area contributed by atoms with Gasteiger partial charge in [0.2, 0.25) is 0 Å². The zero-order valence-corrected chi connectivity index (χ0v) is 13.1. The van der Waals surface area contributed by atoms with Gasteiger partial charge in [-0.2, -0.15) is 0 Å². The van der Waals surface area contributed by atoms with Crippen LogP contribution in [0.15, 0.2) is 60.2 Å². The zero-order chi connectivity index (χ0) is 16.6. The van der Waals surface area contributed by atoms with Gasteiger partial charge in [-0.05, 0) is 17.7 Å². The van der Waals surface area contributed by atoms with E-state index in [-0.39, 0.29) is 11.3 Å².